The van der Waals surface area contributed by atoms with Crippen LogP contribution in [0.2, 0.25) is 0 Å². The Morgan fingerprint density at radius 1 is 1.47 bits per heavy atom. The van der Waals surface area contributed by atoms with E-state index >= 15 is 0 Å². The van der Waals surface area contributed by atoms with Crippen LogP contribution in [-0.4, -0.2) is 14.9 Å². The zero-order valence-corrected chi connectivity index (χ0v) is 10.8. The molecule has 0 aliphatic rings. The summed E-state index contributed by atoms with van der Waals surface area (Å²) in [5.74, 6) is -1.53. The molecule has 2 aromatic rings. The van der Waals surface area contributed by atoms with Gasteiger partial charge in [-0.2, -0.15) is 4.98 Å². The SMILES string of the molecule is Nc1ncc([N+](=O)[O-])c(Oc2ccc(Br)cc2F)n1. The lowest BCUT2D eigenvalue weighted by atomic mass is 10.3. The van der Waals surface area contributed by atoms with Crippen molar-refractivity contribution >= 4 is 27.6 Å². The van der Waals surface area contributed by atoms with Crippen LogP contribution in [0.1, 0.15) is 0 Å². The van der Waals surface area contributed by atoms with Crippen molar-refractivity contribution in [2.45, 2.75) is 0 Å². The fraction of sp³-hybridized carbons (Fsp3) is 0. The molecule has 0 fully saturated rings. The zero-order chi connectivity index (χ0) is 14.0. The molecule has 0 unspecified atom stereocenters. The summed E-state index contributed by atoms with van der Waals surface area (Å²) in [5, 5.41) is 10.8. The zero-order valence-electron chi connectivity index (χ0n) is 9.21. The van der Waals surface area contributed by atoms with Crippen molar-refractivity contribution in [3.63, 3.8) is 0 Å². The molecule has 0 aliphatic carbocycles. The Balaban J connectivity index is 2.42. The van der Waals surface area contributed by atoms with Crippen LogP contribution in [0.3, 0.4) is 0 Å². The number of aromatic nitrogens is 2. The van der Waals surface area contributed by atoms with Gasteiger partial charge < -0.3 is 10.5 Å². The van der Waals surface area contributed by atoms with Crippen molar-refractivity contribution in [3.8, 4) is 11.6 Å². The first-order chi connectivity index (χ1) is 8.97. The third-order valence-electron chi connectivity index (χ3n) is 2.05. The molecule has 0 bridgehead atoms. The fourth-order valence-electron chi connectivity index (χ4n) is 1.24. The summed E-state index contributed by atoms with van der Waals surface area (Å²) >= 11 is 3.08. The van der Waals surface area contributed by atoms with Crippen LogP contribution in [-0.2, 0) is 0 Å². The van der Waals surface area contributed by atoms with Gasteiger partial charge in [-0.1, -0.05) is 15.9 Å². The number of rotatable bonds is 3. The minimum absolute atomic E-state index is 0.204. The second-order valence-corrected chi connectivity index (χ2v) is 4.27. The molecule has 7 nitrogen and oxygen atoms in total. The summed E-state index contributed by atoms with van der Waals surface area (Å²) in [6.45, 7) is 0. The van der Waals surface area contributed by atoms with E-state index in [0.29, 0.717) is 4.47 Å². The maximum absolute atomic E-state index is 13.6. The molecule has 1 heterocycles. The summed E-state index contributed by atoms with van der Waals surface area (Å²) in [7, 11) is 0. The van der Waals surface area contributed by atoms with Crippen molar-refractivity contribution in [1.29, 1.82) is 0 Å². The molecule has 98 valence electrons. The molecular weight excluding hydrogens is 323 g/mol. The van der Waals surface area contributed by atoms with Crippen LogP contribution in [0.4, 0.5) is 16.0 Å². The number of nitrogens with zero attached hydrogens (tertiary/aromatic N) is 3. The Labute approximate surface area is 114 Å². The van der Waals surface area contributed by atoms with E-state index in [0.717, 1.165) is 12.3 Å². The standard InChI is InChI=1S/C10H6BrFN4O3/c11-5-1-2-8(6(12)3-5)19-9-7(16(17)18)4-14-10(13)15-9/h1-4H,(H2,13,14,15). The first kappa shape index (κ1) is 13.1. The van der Waals surface area contributed by atoms with Crippen molar-refractivity contribution in [2.75, 3.05) is 5.73 Å². The number of halogens is 2. The number of hydrogen-bond donors (Lipinski definition) is 1. The van der Waals surface area contributed by atoms with Gasteiger partial charge in [0.05, 0.1) is 4.92 Å². The Kier molecular flexibility index (Phi) is 3.56. The second kappa shape index (κ2) is 5.14. The molecule has 0 amide bonds. The summed E-state index contributed by atoms with van der Waals surface area (Å²) in [5.41, 5.74) is 4.81. The molecule has 1 aromatic heterocycles. The summed E-state index contributed by atoms with van der Waals surface area (Å²) in [6.07, 6.45) is 0.897. The highest BCUT2D eigenvalue weighted by molar-refractivity contribution is 9.10. The van der Waals surface area contributed by atoms with Crippen LogP contribution >= 0.6 is 15.9 Å². The molecule has 0 saturated heterocycles. The quantitative estimate of drug-likeness (QED) is 0.686. The molecule has 0 spiro atoms. The third kappa shape index (κ3) is 2.94. The molecule has 2 rings (SSSR count). The highest BCUT2D eigenvalue weighted by atomic mass is 79.9. The second-order valence-electron chi connectivity index (χ2n) is 3.35. The van der Waals surface area contributed by atoms with Crippen LogP contribution < -0.4 is 10.5 Å². The van der Waals surface area contributed by atoms with Crippen LogP contribution in [0.5, 0.6) is 11.6 Å². The Bertz CT molecular complexity index is 653. The molecule has 0 aliphatic heterocycles. The van der Waals surface area contributed by atoms with E-state index in [2.05, 4.69) is 25.9 Å². The van der Waals surface area contributed by atoms with Crippen molar-refractivity contribution in [1.82, 2.24) is 9.97 Å². The van der Waals surface area contributed by atoms with Gasteiger partial charge in [0.2, 0.25) is 5.95 Å². The number of hydrogen-bond acceptors (Lipinski definition) is 6. The predicted octanol–water partition coefficient (Wildman–Crippen LogP) is 2.66. The van der Waals surface area contributed by atoms with E-state index in [4.69, 9.17) is 10.5 Å². The summed E-state index contributed by atoms with van der Waals surface area (Å²) in [4.78, 5) is 17.1. The minimum atomic E-state index is -0.745. The largest absolute Gasteiger partial charge is 0.430 e. The minimum Gasteiger partial charge on any atom is -0.430 e. The van der Waals surface area contributed by atoms with E-state index in [-0.39, 0.29) is 11.7 Å². The van der Waals surface area contributed by atoms with Crippen molar-refractivity contribution in [3.05, 3.63) is 44.8 Å². The molecule has 9 heteroatoms. The number of nitrogens with two attached hydrogens (primary N) is 1. The number of benzene rings is 1. The van der Waals surface area contributed by atoms with E-state index < -0.39 is 22.3 Å². The molecular formula is C10H6BrFN4O3. The maximum atomic E-state index is 13.6. The lowest BCUT2D eigenvalue weighted by Gasteiger charge is -2.06. The lowest BCUT2D eigenvalue weighted by Crippen LogP contribution is -2.02. The molecule has 19 heavy (non-hydrogen) atoms. The Hall–Kier alpha value is -2.29. The van der Waals surface area contributed by atoms with Gasteiger partial charge in [0.15, 0.2) is 11.6 Å². The van der Waals surface area contributed by atoms with Gasteiger partial charge in [-0.3, -0.25) is 10.1 Å². The topological polar surface area (TPSA) is 104 Å². The van der Waals surface area contributed by atoms with E-state index in [1.54, 1.807) is 0 Å². The highest BCUT2D eigenvalue weighted by Gasteiger charge is 2.20. The molecule has 0 radical (unpaired) electrons. The number of anilines is 1. The lowest BCUT2D eigenvalue weighted by molar-refractivity contribution is -0.386. The van der Waals surface area contributed by atoms with Crippen LogP contribution in [0, 0.1) is 15.9 Å². The number of nitrogen functional groups attached to an aromatic ring is 1. The average molecular weight is 329 g/mol. The van der Waals surface area contributed by atoms with E-state index in [9.17, 15) is 14.5 Å². The van der Waals surface area contributed by atoms with Crippen molar-refractivity contribution < 1.29 is 14.1 Å². The molecule has 2 N–H and O–H groups in total. The molecule has 1 aromatic carbocycles. The van der Waals surface area contributed by atoms with Gasteiger partial charge in [0, 0.05) is 4.47 Å². The Morgan fingerprint density at radius 3 is 2.84 bits per heavy atom. The highest BCUT2D eigenvalue weighted by Crippen LogP contribution is 2.31. The molecule has 0 atom stereocenters. The third-order valence-corrected chi connectivity index (χ3v) is 2.54. The summed E-state index contributed by atoms with van der Waals surface area (Å²) < 4.78 is 19.1. The Morgan fingerprint density at radius 2 is 2.21 bits per heavy atom. The van der Waals surface area contributed by atoms with Gasteiger partial charge >= 0.3 is 11.6 Å². The number of ether oxygens (including phenoxy) is 1. The summed E-state index contributed by atoms with van der Waals surface area (Å²) in [6, 6.07) is 3.99. The monoisotopic (exact) mass is 328 g/mol. The maximum Gasteiger partial charge on any atom is 0.349 e. The normalized spacial score (nSPS) is 10.2. The number of nitro groups is 1. The smallest absolute Gasteiger partial charge is 0.349 e. The van der Waals surface area contributed by atoms with Crippen LogP contribution in [0.15, 0.2) is 28.9 Å². The molecule has 0 saturated carbocycles. The van der Waals surface area contributed by atoms with E-state index in [1.807, 2.05) is 0 Å². The fourth-order valence-corrected chi connectivity index (χ4v) is 1.57. The predicted molar refractivity (Wildman–Crippen MR) is 67.3 cm³/mol. The van der Waals surface area contributed by atoms with Crippen molar-refractivity contribution in [2.24, 2.45) is 0 Å². The average Bonchev–Trinajstić information content (AvgIpc) is 2.32. The van der Waals surface area contributed by atoms with Gasteiger partial charge in [-0.25, -0.2) is 9.37 Å². The van der Waals surface area contributed by atoms with E-state index in [1.165, 1.54) is 12.1 Å². The van der Waals surface area contributed by atoms with Gasteiger partial charge in [-0.05, 0) is 18.2 Å². The van der Waals surface area contributed by atoms with Gasteiger partial charge in [0.25, 0.3) is 0 Å². The first-order valence-electron chi connectivity index (χ1n) is 4.87. The van der Waals surface area contributed by atoms with Gasteiger partial charge in [0.1, 0.15) is 6.20 Å². The first-order valence-corrected chi connectivity index (χ1v) is 5.66. The van der Waals surface area contributed by atoms with Crippen LogP contribution in [0.25, 0.3) is 0 Å². The van der Waals surface area contributed by atoms with Gasteiger partial charge in [-0.15, -0.1) is 0 Å².